The number of hydrogen-bond acceptors (Lipinski definition) is 3. The summed E-state index contributed by atoms with van der Waals surface area (Å²) in [4.78, 5) is 14.6. The lowest BCUT2D eigenvalue weighted by molar-refractivity contribution is -0.121. The van der Waals surface area contributed by atoms with Crippen LogP contribution in [0.1, 0.15) is 33.1 Å². The first-order chi connectivity index (χ1) is 10.0. The molecule has 1 aliphatic carbocycles. The fourth-order valence-electron chi connectivity index (χ4n) is 2.60. The van der Waals surface area contributed by atoms with E-state index in [0.717, 1.165) is 19.0 Å². The van der Waals surface area contributed by atoms with E-state index in [1.807, 2.05) is 6.92 Å². The summed E-state index contributed by atoms with van der Waals surface area (Å²) < 4.78 is 0. The Bertz CT molecular complexity index is 502. The molecule has 5 heteroatoms. The van der Waals surface area contributed by atoms with Crippen LogP contribution in [0.25, 0.3) is 0 Å². The van der Waals surface area contributed by atoms with Crippen molar-refractivity contribution in [3.63, 3.8) is 0 Å². The van der Waals surface area contributed by atoms with Gasteiger partial charge in [0.1, 0.15) is 0 Å². The summed E-state index contributed by atoms with van der Waals surface area (Å²) in [5, 5.41) is 3.42. The van der Waals surface area contributed by atoms with Crippen molar-refractivity contribution in [2.24, 2.45) is 5.92 Å². The van der Waals surface area contributed by atoms with Gasteiger partial charge in [0.05, 0.1) is 16.8 Å². The first-order valence-corrected chi connectivity index (χ1v) is 7.99. The van der Waals surface area contributed by atoms with Gasteiger partial charge >= 0.3 is 0 Å². The van der Waals surface area contributed by atoms with Crippen LogP contribution in [0.3, 0.4) is 0 Å². The summed E-state index contributed by atoms with van der Waals surface area (Å²) in [6, 6.07) is 5.01. The summed E-state index contributed by atoms with van der Waals surface area (Å²) in [5.41, 5.74) is 6.92. The number of nitrogen functional groups attached to an aromatic ring is 1. The molecular formula is C16H24ClN3O. The second-order valence-electron chi connectivity index (χ2n) is 5.79. The number of nitrogens with zero attached hydrogens (tertiary/aromatic N) is 1. The maximum absolute atomic E-state index is 12.4. The first kappa shape index (κ1) is 16.1. The normalized spacial score (nSPS) is 16.6. The van der Waals surface area contributed by atoms with Gasteiger partial charge in [0, 0.05) is 12.2 Å². The highest BCUT2D eigenvalue weighted by Crippen LogP contribution is 2.28. The SMILES string of the molecule is CCN(CC1CCC1)C(C)C(=O)Nc1ccc(Cl)c(N)c1. The molecule has 1 aromatic carbocycles. The molecule has 1 aliphatic rings. The van der Waals surface area contributed by atoms with Crippen molar-refractivity contribution >= 4 is 28.9 Å². The monoisotopic (exact) mass is 309 g/mol. The van der Waals surface area contributed by atoms with Crippen LogP contribution in [-0.2, 0) is 4.79 Å². The predicted molar refractivity (Wildman–Crippen MR) is 88.5 cm³/mol. The molecule has 3 N–H and O–H groups in total. The van der Waals surface area contributed by atoms with Crippen molar-refractivity contribution in [2.75, 3.05) is 24.1 Å². The number of halogens is 1. The van der Waals surface area contributed by atoms with Crippen LogP contribution >= 0.6 is 11.6 Å². The van der Waals surface area contributed by atoms with E-state index in [2.05, 4.69) is 17.1 Å². The molecule has 1 aromatic rings. The molecular weight excluding hydrogens is 286 g/mol. The fourth-order valence-corrected chi connectivity index (χ4v) is 2.72. The summed E-state index contributed by atoms with van der Waals surface area (Å²) in [7, 11) is 0. The Hall–Kier alpha value is -1.26. The molecule has 2 rings (SSSR count). The van der Waals surface area contributed by atoms with Crippen LogP contribution in [0.4, 0.5) is 11.4 Å². The zero-order valence-corrected chi connectivity index (χ0v) is 13.5. The van der Waals surface area contributed by atoms with Crippen LogP contribution in [0.15, 0.2) is 18.2 Å². The number of benzene rings is 1. The molecule has 1 unspecified atom stereocenters. The number of likely N-dealkylation sites (N-methyl/N-ethyl adjacent to an activating group) is 1. The number of carbonyl (C=O) groups is 1. The third-order valence-corrected chi connectivity index (χ3v) is 4.66. The number of nitrogens with one attached hydrogen (secondary N) is 1. The van der Waals surface area contributed by atoms with E-state index in [9.17, 15) is 4.79 Å². The lowest BCUT2D eigenvalue weighted by Crippen LogP contribution is -2.45. The van der Waals surface area contributed by atoms with Crippen molar-refractivity contribution in [3.05, 3.63) is 23.2 Å². The zero-order valence-electron chi connectivity index (χ0n) is 12.7. The molecule has 1 amide bonds. The van der Waals surface area contributed by atoms with Gasteiger partial charge in [0.25, 0.3) is 0 Å². The number of nitrogens with two attached hydrogens (primary N) is 1. The highest BCUT2D eigenvalue weighted by molar-refractivity contribution is 6.33. The Morgan fingerprint density at radius 3 is 2.76 bits per heavy atom. The van der Waals surface area contributed by atoms with Crippen LogP contribution in [0.5, 0.6) is 0 Å². The van der Waals surface area contributed by atoms with Crippen molar-refractivity contribution in [1.82, 2.24) is 4.90 Å². The third kappa shape index (κ3) is 4.11. The molecule has 0 radical (unpaired) electrons. The zero-order chi connectivity index (χ0) is 15.4. The van der Waals surface area contributed by atoms with Gasteiger partial charge in [-0.25, -0.2) is 0 Å². The van der Waals surface area contributed by atoms with E-state index in [0.29, 0.717) is 16.4 Å². The average Bonchev–Trinajstić information content (AvgIpc) is 2.41. The molecule has 0 aromatic heterocycles. The van der Waals surface area contributed by atoms with E-state index in [-0.39, 0.29) is 11.9 Å². The molecule has 1 atom stereocenters. The lowest BCUT2D eigenvalue weighted by Gasteiger charge is -2.34. The Labute approximate surface area is 131 Å². The summed E-state index contributed by atoms with van der Waals surface area (Å²) in [5.74, 6) is 0.754. The van der Waals surface area contributed by atoms with Gasteiger partial charge in [0.15, 0.2) is 0 Å². The highest BCUT2D eigenvalue weighted by atomic mass is 35.5. The minimum atomic E-state index is -0.146. The van der Waals surface area contributed by atoms with Crippen LogP contribution in [0, 0.1) is 5.92 Å². The Balaban J connectivity index is 1.94. The lowest BCUT2D eigenvalue weighted by atomic mass is 9.85. The minimum absolute atomic E-state index is 0.00195. The highest BCUT2D eigenvalue weighted by Gasteiger charge is 2.26. The van der Waals surface area contributed by atoms with Crippen molar-refractivity contribution in [2.45, 2.75) is 39.2 Å². The standard InChI is InChI=1S/C16H24ClN3O/c1-3-20(10-12-5-4-6-12)11(2)16(21)19-13-7-8-14(17)15(18)9-13/h7-9,11-12H,3-6,10,18H2,1-2H3,(H,19,21). The molecule has 1 fully saturated rings. The second-order valence-corrected chi connectivity index (χ2v) is 6.19. The van der Waals surface area contributed by atoms with Crippen molar-refractivity contribution < 1.29 is 4.79 Å². The van der Waals surface area contributed by atoms with E-state index >= 15 is 0 Å². The Kier molecular flexibility index (Phi) is 5.48. The summed E-state index contributed by atoms with van der Waals surface area (Å²) >= 11 is 5.89. The van der Waals surface area contributed by atoms with E-state index in [1.54, 1.807) is 18.2 Å². The predicted octanol–water partition coefficient (Wildman–Crippen LogP) is 3.37. The van der Waals surface area contributed by atoms with Crippen LogP contribution in [0.2, 0.25) is 5.02 Å². The smallest absolute Gasteiger partial charge is 0.241 e. The maximum atomic E-state index is 12.4. The van der Waals surface area contributed by atoms with Gasteiger partial charge < -0.3 is 11.1 Å². The average molecular weight is 310 g/mol. The van der Waals surface area contributed by atoms with Gasteiger partial charge in [-0.15, -0.1) is 0 Å². The Morgan fingerprint density at radius 1 is 1.52 bits per heavy atom. The molecule has 21 heavy (non-hydrogen) atoms. The first-order valence-electron chi connectivity index (χ1n) is 7.61. The largest absolute Gasteiger partial charge is 0.397 e. The summed E-state index contributed by atoms with van der Waals surface area (Å²) in [6.45, 7) is 5.95. The van der Waals surface area contributed by atoms with E-state index < -0.39 is 0 Å². The molecule has 0 spiro atoms. The van der Waals surface area contributed by atoms with Gasteiger partial charge in [-0.1, -0.05) is 24.9 Å². The minimum Gasteiger partial charge on any atom is -0.397 e. The second kappa shape index (κ2) is 7.14. The van der Waals surface area contributed by atoms with Crippen LogP contribution < -0.4 is 11.1 Å². The molecule has 0 saturated heterocycles. The van der Waals surface area contributed by atoms with Crippen LogP contribution in [-0.4, -0.2) is 29.9 Å². The summed E-state index contributed by atoms with van der Waals surface area (Å²) in [6.07, 6.45) is 3.91. The molecule has 1 saturated carbocycles. The number of hydrogen-bond donors (Lipinski definition) is 2. The van der Waals surface area contributed by atoms with E-state index in [1.165, 1.54) is 19.3 Å². The van der Waals surface area contributed by atoms with Gasteiger partial charge in [-0.3, -0.25) is 9.69 Å². The van der Waals surface area contributed by atoms with Gasteiger partial charge in [-0.05, 0) is 50.4 Å². The van der Waals surface area contributed by atoms with Crippen molar-refractivity contribution in [1.29, 1.82) is 0 Å². The number of carbonyl (C=O) groups excluding carboxylic acids is 1. The number of amides is 1. The van der Waals surface area contributed by atoms with Gasteiger partial charge in [0.2, 0.25) is 5.91 Å². The van der Waals surface area contributed by atoms with E-state index in [4.69, 9.17) is 17.3 Å². The third-order valence-electron chi connectivity index (χ3n) is 4.31. The topological polar surface area (TPSA) is 58.4 Å². The molecule has 0 bridgehead atoms. The fraction of sp³-hybridized carbons (Fsp3) is 0.562. The molecule has 0 heterocycles. The number of rotatable bonds is 6. The quantitative estimate of drug-likeness (QED) is 0.792. The Morgan fingerprint density at radius 2 is 2.24 bits per heavy atom. The number of anilines is 2. The van der Waals surface area contributed by atoms with Crippen molar-refractivity contribution in [3.8, 4) is 0 Å². The van der Waals surface area contributed by atoms with Gasteiger partial charge in [-0.2, -0.15) is 0 Å². The molecule has 0 aliphatic heterocycles. The molecule has 4 nitrogen and oxygen atoms in total. The maximum Gasteiger partial charge on any atom is 0.241 e. The molecule has 116 valence electrons.